The summed E-state index contributed by atoms with van der Waals surface area (Å²) >= 11 is 0. The molecule has 0 saturated carbocycles. The van der Waals surface area contributed by atoms with E-state index in [1.54, 1.807) is 18.5 Å². The second kappa shape index (κ2) is 4.77. The van der Waals surface area contributed by atoms with E-state index in [-0.39, 0.29) is 5.82 Å². The molecule has 0 amide bonds. The molecule has 0 aliphatic heterocycles. The highest BCUT2D eigenvalue weighted by molar-refractivity contribution is 5.80. The molecule has 0 saturated heterocycles. The Balaban J connectivity index is 1.76. The maximum absolute atomic E-state index is 13.0. The number of hydrogen-bond donors (Lipinski definition) is 0. The molecule has 2 heterocycles. The van der Waals surface area contributed by atoms with E-state index in [2.05, 4.69) is 15.1 Å². The van der Waals surface area contributed by atoms with E-state index in [0.29, 0.717) is 17.3 Å². The topological polar surface area (TPSA) is 56.7 Å². The van der Waals surface area contributed by atoms with E-state index in [1.165, 1.54) is 12.1 Å². The molecule has 108 valence electrons. The average Bonchev–Trinajstić information content (AvgIpc) is 3.16. The lowest BCUT2D eigenvalue weighted by molar-refractivity contribution is 0.432. The third-order valence-corrected chi connectivity index (χ3v) is 3.50. The van der Waals surface area contributed by atoms with Crippen molar-refractivity contribution in [3.05, 3.63) is 54.6 Å². The molecule has 0 spiro atoms. The maximum Gasteiger partial charge on any atom is 0.258 e. The van der Waals surface area contributed by atoms with Crippen LogP contribution in [0.3, 0.4) is 0 Å². The van der Waals surface area contributed by atoms with Gasteiger partial charge in [-0.1, -0.05) is 5.16 Å². The molecule has 0 bridgehead atoms. The van der Waals surface area contributed by atoms with Gasteiger partial charge in [0.25, 0.3) is 5.89 Å². The number of benzene rings is 2. The molecule has 0 radical (unpaired) electrons. The Hall–Kier alpha value is -3.02. The first-order valence-electron chi connectivity index (χ1n) is 6.72. The Kier molecular flexibility index (Phi) is 2.75. The van der Waals surface area contributed by atoms with Crippen LogP contribution in [0.25, 0.3) is 33.9 Å². The molecule has 4 rings (SSSR count). The summed E-state index contributed by atoms with van der Waals surface area (Å²) in [6.07, 6.45) is 1.76. The molecule has 0 aliphatic carbocycles. The van der Waals surface area contributed by atoms with Crippen LogP contribution in [0, 0.1) is 5.82 Å². The summed E-state index contributed by atoms with van der Waals surface area (Å²) in [6.45, 7) is 0. The monoisotopic (exact) mass is 294 g/mol. The van der Waals surface area contributed by atoms with Crippen LogP contribution >= 0.6 is 0 Å². The van der Waals surface area contributed by atoms with Gasteiger partial charge in [-0.2, -0.15) is 4.98 Å². The van der Waals surface area contributed by atoms with Crippen molar-refractivity contribution in [3.8, 4) is 22.8 Å². The fraction of sp³-hybridized carbons (Fsp3) is 0.0625. The van der Waals surface area contributed by atoms with Gasteiger partial charge in [-0.25, -0.2) is 9.37 Å². The predicted octanol–water partition coefficient (Wildman–Crippen LogP) is 3.43. The van der Waals surface area contributed by atoms with Gasteiger partial charge in [0, 0.05) is 18.2 Å². The van der Waals surface area contributed by atoms with E-state index in [4.69, 9.17) is 4.52 Å². The van der Waals surface area contributed by atoms with Gasteiger partial charge in [-0.3, -0.25) is 0 Å². The van der Waals surface area contributed by atoms with Crippen LogP contribution in [-0.4, -0.2) is 19.7 Å². The molecular formula is C16H11FN4O. The molecule has 6 heteroatoms. The lowest BCUT2D eigenvalue weighted by Gasteiger charge is -1.97. The van der Waals surface area contributed by atoms with Crippen molar-refractivity contribution in [1.29, 1.82) is 0 Å². The highest BCUT2D eigenvalue weighted by atomic mass is 19.1. The smallest absolute Gasteiger partial charge is 0.258 e. The summed E-state index contributed by atoms with van der Waals surface area (Å²) < 4.78 is 20.1. The van der Waals surface area contributed by atoms with Crippen LogP contribution in [-0.2, 0) is 7.05 Å². The fourth-order valence-corrected chi connectivity index (χ4v) is 2.32. The fourth-order valence-electron chi connectivity index (χ4n) is 2.32. The lowest BCUT2D eigenvalue weighted by atomic mass is 10.2. The van der Waals surface area contributed by atoms with Gasteiger partial charge in [0.15, 0.2) is 0 Å². The van der Waals surface area contributed by atoms with Crippen molar-refractivity contribution in [2.24, 2.45) is 7.05 Å². The zero-order valence-corrected chi connectivity index (χ0v) is 11.7. The molecule has 0 atom stereocenters. The molecule has 0 aliphatic rings. The lowest BCUT2D eigenvalue weighted by Crippen LogP contribution is -1.86. The molecule has 0 fully saturated rings. The van der Waals surface area contributed by atoms with Crippen LogP contribution in [0.2, 0.25) is 0 Å². The van der Waals surface area contributed by atoms with Gasteiger partial charge in [0.05, 0.1) is 17.4 Å². The Labute approximate surface area is 125 Å². The summed E-state index contributed by atoms with van der Waals surface area (Å²) in [6, 6.07) is 11.7. The van der Waals surface area contributed by atoms with Crippen LogP contribution in [0.4, 0.5) is 4.39 Å². The number of nitrogens with zero attached hydrogens (tertiary/aromatic N) is 4. The number of hydrogen-bond acceptors (Lipinski definition) is 4. The van der Waals surface area contributed by atoms with E-state index < -0.39 is 0 Å². The third-order valence-electron chi connectivity index (χ3n) is 3.50. The number of halogens is 1. The molecule has 0 unspecified atom stereocenters. The normalized spacial score (nSPS) is 11.2. The van der Waals surface area contributed by atoms with Crippen molar-refractivity contribution in [3.63, 3.8) is 0 Å². The summed E-state index contributed by atoms with van der Waals surface area (Å²) in [5.74, 6) is 0.549. The highest BCUT2D eigenvalue weighted by Crippen LogP contribution is 2.24. The SMILES string of the molecule is Cn1cnc2ccc(-c3noc(-c4ccc(F)cc4)n3)cc21. The summed E-state index contributed by atoms with van der Waals surface area (Å²) in [5.41, 5.74) is 3.43. The minimum absolute atomic E-state index is 0.301. The van der Waals surface area contributed by atoms with Gasteiger partial charge < -0.3 is 9.09 Å². The first-order chi connectivity index (χ1) is 10.7. The number of aromatic nitrogens is 4. The van der Waals surface area contributed by atoms with E-state index >= 15 is 0 Å². The number of fused-ring (bicyclic) bond motifs is 1. The number of rotatable bonds is 2. The maximum atomic E-state index is 13.0. The summed E-state index contributed by atoms with van der Waals surface area (Å²) in [5, 5.41) is 4.00. The van der Waals surface area contributed by atoms with Crippen LogP contribution in [0.15, 0.2) is 53.3 Å². The van der Waals surface area contributed by atoms with E-state index in [1.807, 2.05) is 29.8 Å². The Morgan fingerprint density at radius 3 is 2.64 bits per heavy atom. The zero-order valence-electron chi connectivity index (χ0n) is 11.7. The molecular weight excluding hydrogens is 283 g/mol. The molecule has 5 nitrogen and oxygen atoms in total. The van der Waals surface area contributed by atoms with E-state index in [9.17, 15) is 4.39 Å². The standard InChI is InChI=1S/C16H11FN4O/c1-21-9-18-13-7-4-11(8-14(13)21)15-19-16(22-20-15)10-2-5-12(17)6-3-10/h2-9H,1H3. The minimum Gasteiger partial charge on any atom is -0.334 e. The van der Waals surface area contributed by atoms with Gasteiger partial charge in [-0.15, -0.1) is 0 Å². The Bertz CT molecular complexity index is 956. The quantitative estimate of drug-likeness (QED) is 0.568. The predicted molar refractivity (Wildman–Crippen MR) is 79.4 cm³/mol. The minimum atomic E-state index is -0.301. The number of aryl methyl sites for hydroxylation is 1. The molecule has 0 N–H and O–H groups in total. The summed E-state index contributed by atoms with van der Waals surface area (Å²) in [7, 11) is 1.93. The van der Waals surface area contributed by atoms with Gasteiger partial charge in [-0.05, 0) is 42.5 Å². The second-order valence-electron chi connectivity index (χ2n) is 4.99. The van der Waals surface area contributed by atoms with Crippen LogP contribution in [0.1, 0.15) is 0 Å². The van der Waals surface area contributed by atoms with Gasteiger partial charge >= 0.3 is 0 Å². The van der Waals surface area contributed by atoms with Crippen molar-refractivity contribution < 1.29 is 8.91 Å². The molecule has 22 heavy (non-hydrogen) atoms. The van der Waals surface area contributed by atoms with Gasteiger partial charge in [0.2, 0.25) is 5.82 Å². The Morgan fingerprint density at radius 1 is 1.05 bits per heavy atom. The van der Waals surface area contributed by atoms with Crippen LogP contribution in [0.5, 0.6) is 0 Å². The molecule has 4 aromatic rings. The van der Waals surface area contributed by atoms with Crippen LogP contribution < -0.4 is 0 Å². The second-order valence-corrected chi connectivity index (χ2v) is 4.99. The largest absolute Gasteiger partial charge is 0.334 e. The van der Waals surface area contributed by atoms with E-state index in [0.717, 1.165) is 16.6 Å². The average molecular weight is 294 g/mol. The zero-order chi connectivity index (χ0) is 15.1. The van der Waals surface area contributed by atoms with Crippen molar-refractivity contribution in [2.75, 3.05) is 0 Å². The van der Waals surface area contributed by atoms with Crippen molar-refractivity contribution in [1.82, 2.24) is 19.7 Å². The molecule has 2 aromatic heterocycles. The first-order valence-corrected chi connectivity index (χ1v) is 6.72. The summed E-state index contributed by atoms with van der Waals surface area (Å²) in [4.78, 5) is 8.65. The van der Waals surface area contributed by atoms with Crippen molar-refractivity contribution in [2.45, 2.75) is 0 Å². The third kappa shape index (κ3) is 2.05. The number of imidazole rings is 1. The van der Waals surface area contributed by atoms with Gasteiger partial charge in [0.1, 0.15) is 5.82 Å². The first kappa shape index (κ1) is 12.7. The Morgan fingerprint density at radius 2 is 1.82 bits per heavy atom. The molecule has 2 aromatic carbocycles. The highest BCUT2D eigenvalue weighted by Gasteiger charge is 2.12. The van der Waals surface area contributed by atoms with Crippen molar-refractivity contribution >= 4 is 11.0 Å².